The van der Waals surface area contributed by atoms with Crippen LogP contribution < -0.4 is 10.6 Å². The first-order valence-corrected chi connectivity index (χ1v) is 9.30. The molecule has 0 bridgehead atoms. The second kappa shape index (κ2) is 8.61. The molecule has 0 radical (unpaired) electrons. The topological polar surface area (TPSA) is 103 Å². The van der Waals surface area contributed by atoms with Gasteiger partial charge in [0.1, 0.15) is 5.82 Å². The highest BCUT2D eigenvalue weighted by molar-refractivity contribution is 7.13. The van der Waals surface area contributed by atoms with Gasteiger partial charge in [0.25, 0.3) is 5.91 Å². The average Bonchev–Trinajstić information content (AvgIpc) is 3.28. The van der Waals surface area contributed by atoms with Gasteiger partial charge in [-0.1, -0.05) is 12.1 Å². The number of aromatic nitrogens is 3. The van der Waals surface area contributed by atoms with Crippen LogP contribution in [0.5, 0.6) is 0 Å². The molecule has 0 aliphatic carbocycles. The Bertz CT molecular complexity index is 986. The monoisotopic (exact) mass is 402 g/mol. The third-order valence-electron chi connectivity index (χ3n) is 3.92. The van der Waals surface area contributed by atoms with E-state index in [1.165, 1.54) is 28.4 Å². The van der Waals surface area contributed by atoms with Crippen LogP contribution in [0.4, 0.5) is 14.3 Å². The number of nitrogens with one attached hydrogen (secondary N) is 3. The molecule has 3 amide bonds. The number of rotatable bonds is 6. The minimum absolute atomic E-state index is 0.165. The standard InChI is InChI=1S/C18H19FN6O2S/c1-11-15(8-21-24-11)16(26)25(2)9-14-10-28-18(22-14)23-17(27)20-7-12-4-3-5-13(19)6-12/h3-6,8,10H,7,9H2,1-2H3,(H,21,24)(H2,20,22,23,27). The van der Waals surface area contributed by atoms with Crippen molar-refractivity contribution in [1.29, 1.82) is 0 Å². The van der Waals surface area contributed by atoms with Crippen LogP contribution in [0, 0.1) is 12.7 Å². The molecule has 28 heavy (non-hydrogen) atoms. The number of benzene rings is 1. The molecule has 0 spiro atoms. The summed E-state index contributed by atoms with van der Waals surface area (Å²) < 4.78 is 13.1. The summed E-state index contributed by atoms with van der Waals surface area (Å²) in [5.41, 5.74) is 2.45. The van der Waals surface area contributed by atoms with Gasteiger partial charge in [-0.2, -0.15) is 5.10 Å². The van der Waals surface area contributed by atoms with E-state index in [9.17, 15) is 14.0 Å². The number of amides is 3. The Morgan fingerprint density at radius 1 is 1.36 bits per heavy atom. The van der Waals surface area contributed by atoms with Crippen LogP contribution in [0.2, 0.25) is 0 Å². The number of hydrogen-bond acceptors (Lipinski definition) is 5. The Morgan fingerprint density at radius 3 is 2.89 bits per heavy atom. The first-order valence-electron chi connectivity index (χ1n) is 8.42. The number of H-pyrrole nitrogens is 1. The number of aryl methyl sites for hydroxylation is 1. The summed E-state index contributed by atoms with van der Waals surface area (Å²) in [6, 6.07) is 5.57. The Labute approximate surface area is 164 Å². The van der Waals surface area contributed by atoms with E-state index in [0.717, 1.165) is 0 Å². The molecule has 2 aromatic heterocycles. The molecule has 2 heterocycles. The Kier molecular flexibility index (Phi) is 5.99. The van der Waals surface area contributed by atoms with E-state index in [0.29, 0.717) is 34.2 Å². The first-order chi connectivity index (χ1) is 13.4. The maximum Gasteiger partial charge on any atom is 0.321 e. The summed E-state index contributed by atoms with van der Waals surface area (Å²) in [5, 5.41) is 14.1. The van der Waals surface area contributed by atoms with Gasteiger partial charge in [0.15, 0.2) is 5.13 Å². The van der Waals surface area contributed by atoms with Crippen LogP contribution in [0.25, 0.3) is 0 Å². The highest BCUT2D eigenvalue weighted by atomic mass is 32.1. The van der Waals surface area contributed by atoms with Gasteiger partial charge in [0.05, 0.1) is 23.5 Å². The van der Waals surface area contributed by atoms with Crippen molar-refractivity contribution < 1.29 is 14.0 Å². The van der Waals surface area contributed by atoms with Gasteiger partial charge in [0.2, 0.25) is 0 Å². The Morgan fingerprint density at radius 2 is 2.18 bits per heavy atom. The molecule has 0 atom stereocenters. The molecule has 0 fully saturated rings. The number of hydrogen-bond donors (Lipinski definition) is 3. The van der Waals surface area contributed by atoms with E-state index in [1.54, 1.807) is 37.7 Å². The number of halogens is 1. The number of thiazole rings is 1. The summed E-state index contributed by atoms with van der Waals surface area (Å²) in [6.07, 6.45) is 1.56. The van der Waals surface area contributed by atoms with Crippen molar-refractivity contribution in [3.8, 4) is 0 Å². The van der Waals surface area contributed by atoms with Crippen molar-refractivity contribution >= 4 is 28.4 Å². The minimum atomic E-state index is -0.441. The molecule has 10 heteroatoms. The zero-order chi connectivity index (χ0) is 20.1. The number of urea groups is 1. The molecule has 0 saturated carbocycles. The van der Waals surface area contributed by atoms with Crippen molar-refractivity contribution in [1.82, 2.24) is 25.4 Å². The van der Waals surface area contributed by atoms with Crippen LogP contribution in [0.1, 0.15) is 27.3 Å². The van der Waals surface area contributed by atoms with Crippen LogP contribution in [0.3, 0.4) is 0 Å². The van der Waals surface area contributed by atoms with Crippen molar-refractivity contribution in [2.75, 3.05) is 12.4 Å². The fourth-order valence-electron chi connectivity index (χ4n) is 2.50. The number of carbonyl (C=O) groups excluding carboxylic acids is 2. The average molecular weight is 402 g/mol. The Hall–Kier alpha value is -3.27. The SMILES string of the molecule is Cc1n[nH]cc1C(=O)N(C)Cc1csc(NC(=O)NCc2cccc(F)c2)n1. The molecular weight excluding hydrogens is 383 g/mol. The van der Waals surface area contributed by atoms with Crippen molar-refractivity contribution in [3.63, 3.8) is 0 Å². The molecule has 146 valence electrons. The largest absolute Gasteiger partial charge is 0.336 e. The second-order valence-electron chi connectivity index (χ2n) is 6.13. The van der Waals surface area contributed by atoms with Crippen LogP contribution in [-0.2, 0) is 13.1 Å². The van der Waals surface area contributed by atoms with Gasteiger partial charge in [-0.25, -0.2) is 14.2 Å². The lowest BCUT2D eigenvalue weighted by Gasteiger charge is -2.15. The molecule has 3 N–H and O–H groups in total. The van der Waals surface area contributed by atoms with E-state index in [1.807, 2.05) is 0 Å². The fourth-order valence-corrected chi connectivity index (χ4v) is 3.20. The summed E-state index contributed by atoms with van der Waals surface area (Å²) in [7, 11) is 1.67. The van der Waals surface area contributed by atoms with Crippen molar-refractivity contribution in [2.45, 2.75) is 20.0 Å². The maximum atomic E-state index is 13.1. The molecule has 0 aliphatic rings. The highest BCUT2D eigenvalue weighted by Gasteiger charge is 2.17. The summed E-state index contributed by atoms with van der Waals surface area (Å²) in [6.45, 7) is 2.25. The van der Waals surface area contributed by atoms with E-state index in [2.05, 4.69) is 25.8 Å². The van der Waals surface area contributed by atoms with E-state index >= 15 is 0 Å². The number of anilines is 1. The first kappa shape index (κ1) is 19.5. The van der Waals surface area contributed by atoms with Crippen LogP contribution >= 0.6 is 11.3 Å². The maximum absolute atomic E-state index is 13.1. The van der Waals surface area contributed by atoms with Gasteiger partial charge in [-0.05, 0) is 24.6 Å². The predicted octanol–water partition coefficient (Wildman–Crippen LogP) is 2.91. The lowest BCUT2D eigenvalue weighted by atomic mass is 10.2. The molecule has 0 saturated heterocycles. The molecule has 3 aromatic rings. The van der Waals surface area contributed by atoms with Gasteiger partial charge < -0.3 is 10.2 Å². The van der Waals surface area contributed by atoms with Gasteiger partial charge in [0, 0.05) is 25.2 Å². The zero-order valence-electron chi connectivity index (χ0n) is 15.3. The molecule has 0 unspecified atom stereocenters. The van der Waals surface area contributed by atoms with Crippen molar-refractivity contribution in [3.05, 3.63) is 64.2 Å². The third-order valence-corrected chi connectivity index (χ3v) is 4.73. The van der Waals surface area contributed by atoms with Crippen LogP contribution in [-0.4, -0.2) is 39.1 Å². The second-order valence-corrected chi connectivity index (χ2v) is 6.99. The van der Waals surface area contributed by atoms with Crippen molar-refractivity contribution in [2.24, 2.45) is 0 Å². The lowest BCUT2D eigenvalue weighted by Crippen LogP contribution is -2.28. The van der Waals surface area contributed by atoms with E-state index in [-0.39, 0.29) is 18.3 Å². The quantitative estimate of drug-likeness (QED) is 0.590. The fraction of sp³-hybridized carbons (Fsp3) is 0.222. The van der Waals surface area contributed by atoms with Gasteiger partial charge >= 0.3 is 6.03 Å². The predicted molar refractivity (Wildman–Crippen MR) is 103 cm³/mol. The van der Waals surface area contributed by atoms with E-state index in [4.69, 9.17) is 0 Å². The number of carbonyl (C=O) groups is 2. The number of nitrogens with zero attached hydrogens (tertiary/aromatic N) is 3. The summed E-state index contributed by atoms with van der Waals surface area (Å²) in [4.78, 5) is 30.2. The smallest absolute Gasteiger partial charge is 0.321 e. The molecule has 0 aliphatic heterocycles. The van der Waals surface area contributed by atoms with Crippen LogP contribution in [0.15, 0.2) is 35.8 Å². The normalized spacial score (nSPS) is 10.5. The Balaban J connectivity index is 1.51. The third kappa shape index (κ3) is 4.92. The zero-order valence-corrected chi connectivity index (χ0v) is 16.1. The highest BCUT2D eigenvalue weighted by Crippen LogP contribution is 2.17. The summed E-state index contributed by atoms with van der Waals surface area (Å²) >= 11 is 1.26. The molecule has 8 nitrogen and oxygen atoms in total. The van der Waals surface area contributed by atoms with Gasteiger partial charge in [-0.3, -0.25) is 15.2 Å². The molecule has 1 aromatic carbocycles. The van der Waals surface area contributed by atoms with E-state index < -0.39 is 6.03 Å². The molecule has 3 rings (SSSR count). The number of aromatic amines is 1. The minimum Gasteiger partial charge on any atom is -0.336 e. The summed E-state index contributed by atoms with van der Waals surface area (Å²) in [5.74, 6) is -0.518. The van der Waals surface area contributed by atoms with Gasteiger partial charge in [-0.15, -0.1) is 11.3 Å². The molecular formula is C18H19FN6O2S. The lowest BCUT2D eigenvalue weighted by molar-refractivity contribution is 0.0783.